The number of benzene rings is 2. The molecule has 0 unspecified atom stereocenters. The van der Waals surface area contributed by atoms with Crippen molar-refractivity contribution in [2.45, 2.75) is 13.8 Å². The van der Waals surface area contributed by atoms with E-state index in [0.717, 1.165) is 23.9 Å². The standard InChI is InChI=1S/C13H10N2O3S.C8H10BNO4.C6H6BrNO2S.ClH/c1-6-14-10-11(19-6)8-4-3-7(13(17)18-2)5-9(8)15-12(10)16;1-14-8(11)5-2-3-6(9(12)13)7(10)4-5;1-3-8-4(5(7)11-3)6(9)10-2;/h3-5H,1-2H3,(H,15,16);2-4,12-13H,10H2,1H3;1-2H3;1H. The molecule has 3 aromatic heterocycles. The van der Waals surface area contributed by atoms with Crippen molar-refractivity contribution >= 4 is 108 Å². The zero-order chi connectivity index (χ0) is 32.7. The number of pyridine rings is 1. The second-order valence-corrected chi connectivity index (χ2v) is 12.4. The molecule has 0 radical (unpaired) electrons. The summed E-state index contributed by atoms with van der Waals surface area (Å²) in [5, 5.41) is 20.3. The highest BCUT2D eigenvalue weighted by molar-refractivity contribution is 9.11. The van der Waals surface area contributed by atoms with E-state index in [2.05, 4.69) is 45.1 Å². The predicted octanol–water partition coefficient (Wildman–Crippen LogP) is 3.39. The van der Waals surface area contributed by atoms with Gasteiger partial charge in [-0.2, -0.15) is 0 Å². The third kappa shape index (κ3) is 9.09. The average Bonchev–Trinajstić information content (AvgIpc) is 3.57. The molecule has 5 rings (SSSR count). The highest BCUT2D eigenvalue weighted by Crippen LogP contribution is 2.27. The van der Waals surface area contributed by atoms with Gasteiger partial charge in [0.25, 0.3) is 5.56 Å². The molecule has 0 saturated heterocycles. The van der Waals surface area contributed by atoms with Crippen LogP contribution >= 0.6 is 51.0 Å². The van der Waals surface area contributed by atoms with Crippen LogP contribution in [0.1, 0.15) is 41.2 Å². The Labute approximate surface area is 279 Å². The number of aromatic nitrogens is 3. The van der Waals surface area contributed by atoms with Crippen LogP contribution in [-0.4, -0.2) is 71.4 Å². The first-order valence-electron chi connectivity index (χ1n) is 12.4. The third-order valence-electron chi connectivity index (χ3n) is 5.74. The molecule has 2 aromatic carbocycles. The number of hydrogen-bond acceptors (Lipinski definition) is 14. The van der Waals surface area contributed by atoms with Crippen LogP contribution < -0.4 is 16.8 Å². The molecule has 3 heterocycles. The number of nitrogens with zero attached hydrogens (tertiary/aromatic N) is 2. The number of fused-ring (bicyclic) bond motifs is 3. The normalized spacial score (nSPS) is 10.0. The van der Waals surface area contributed by atoms with Crippen molar-refractivity contribution in [3.05, 3.63) is 77.4 Å². The van der Waals surface area contributed by atoms with Crippen molar-refractivity contribution in [3.63, 3.8) is 0 Å². The molecule has 0 aliphatic heterocycles. The number of nitrogen functional groups attached to an aromatic ring is 1. The number of methoxy groups -OCH3 is 3. The molecule has 0 aliphatic carbocycles. The summed E-state index contributed by atoms with van der Waals surface area (Å²) in [5.74, 6) is -1.35. The second-order valence-electron chi connectivity index (χ2n) is 8.67. The van der Waals surface area contributed by atoms with E-state index in [0.29, 0.717) is 22.3 Å². The number of ether oxygens (including phenoxy) is 3. The van der Waals surface area contributed by atoms with Crippen LogP contribution in [0.5, 0.6) is 0 Å². The summed E-state index contributed by atoms with van der Waals surface area (Å²) in [6.45, 7) is 3.70. The van der Waals surface area contributed by atoms with Gasteiger partial charge in [0.1, 0.15) is 9.30 Å². The van der Waals surface area contributed by atoms with E-state index in [1.807, 2.05) is 13.8 Å². The molecule has 45 heavy (non-hydrogen) atoms. The van der Waals surface area contributed by atoms with Gasteiger partial charge in [0.05, 0.1) is 52.7 Å². The number of aromatic amines is 1. The minimum absolute atomic E-state index is 0. The van der Waals surface area contributed by atoms with Gasteiger partial charge < -0.3 is 35.0 Å². The van der Waals surface area contributed by atoms with Crippen molar-refractivity contribution in [1.29, 1.82) is 0 Å². The number of H-pyrrole nitrogens is 1. The lowest BCUT2D eigenvalue weighted by molar-refractivity contribution is 0.0587. The SMILES string of the molecule is COC(=O)c1ccc(B(O)O)c(N)c1.COC(=O)c1ccc2c(c1)[nH]c(=O)c1nc(C)sc12.COC(=O)c1nc(C)sc1Br.Cl. The maximum atomic E-state index is 11.9. The zero-order valence-electron chi connectivity index (χ0n) is 24.4. The van der Waals surface area contributed by atoms with Gasteiger partial charge in [-0.3, -0.25) is 4.79 Å². The van der Waals surface area contributed by atoms with Crippen molar-refractivity contribution < 1.29 is 38.6 Å². The fraction of sp³-hybridized carbons (Fsp3) is 0.185. The Bertz CT molecular complexity index is 1910. The highest BCUT2D eigenvalue weighted by atomic mass is 79.9. The van der Waals surface area contributed by atoms with Gasteiger partial charge in [-0.1, -0.05) is 12.1 Å². The summed E-state index contributed by atoms with van der Waals surface area (Å²) in [6, 6.07) is 9.22. The third-order valence-corrected chi connectivity index (χ3v) is 8.36. The van der Waals surface area contributed by atoms with Gasteiger partial charge in [0, 0.05) is 16.5 Å². The number of halogens is 2. The molecule has 13 nitrogen and oxygen atoms in total. The molecule has 0 bridgehead atoms. The average molecular weight is 742 g/mol. The first-order chi connectivity index (χ1) is 20.8. The number of carbonyl (C=O) groups is 3. The molecule has 0 amide bonds. The number of thiazole rings is 2. The quantitative estimate of drug-likeness (QED) is 0.0906. The number of carbonyl (C=O) groups excluding carboxylic acids is 3. The molecule has 0 saturated carbocycles. The zero-order valence-corrected chi connectivity index (χ0v) is 28.4. The first kappa shape index (κ1) is 37.3. The van der Waals surface area contributed by atoms with E-state index in [4.69, 9.17) is 15.8 Å². The topological polar surface area (TPSA) is 204 Å². The van der Waals surface area contributed by atoms with Crippen LogP contribution in [0.2, 0.25) is 0 Å². The molecule has 0 aliphatic rings. The fourth-order valence-corrected chi connectivity index (χ4v) is 6.25. The summed E-state index contributed by atoms with van der Waals surface area (Å²) in [7, 11) is 2.28. The minimum Gasteiger partial charge on any atom is -0.465 e. The summed E-state index contributed by atoms with van der Waals surface area (Å²) >= 11 is 6.10. The van der Waals surface area contributed by atoms with Crippen LogP contribution in [0.25, 0.3) is 21.1 Å². The Balaban J connectivity index is 0.000000243. The van der Waals surface area contributed by atoms with Crippen molar-refractivity contribution in [2.75, 3.05) is 27.1 Å². The van der Waals surface area contributed by atoms with E-state index in [-0.39, 0.29) is 34.7 Å². The minimum atomic E-state index is -1.64. The highest BCUT2D eigenvalue weighted by Gasteiger charge is 2.17. The number of rotatable bonds is 4. The van der Waals surface area contributed by atoms with Crippen molar-refractivity contribution in [1.82, 2.24) is 15.0 Å². The van der Waals surface area contributed by atoms with E-state index in [1.165, 1.54) is 62.2 Å². The number of aryl methyl sites for hydroxylation is 2. The maximum absolute atomic E-state index is 11.9. The summed E-state index contributed by atoms with van der Waals surface area (Å²) < 4.78 is 15.2. The van der Waals surface area contributed by atoms with Gasteiger partial charge in [-0.25, -0.2) is 24.4 Å². The Morgan fingerprint density at radius 2 is 1.44 bits per heavy atom. The number of anilines is 1. The summed E-state index contributed by atoms with van der Waals surface area (Å²) in [6.07, 6.45) is 0. The second kappa shape index (κ2) is 16.4. The van der Waals surface area contributed by atoms with Gasteiger partial charge in [0.2, 0.25) is 0 Å². The van der Waals surface area contributed by atoms with Crippen LogP contribution in [0.3, 0.4) is 0 Å². The van der Waals surface area contributed by atoms with Crippen molar-refractivity contribution in [2.24, 2.45) is 0 Å². The van der Waals surface area contributed by atoms with Crippen LogP contribution in [-0.2, 0) is 14.2 Å². The smallest absolute Gasteiger partial charge is 0.465 e. The Morgan fingerprint density at radius 1 is 0.889 bits per heavy atom. The molecule has 238 valence electrons. The Hall–Kier alpha value is -3.87. The molecular formula is C27H27BBrClN4O9S2. The van der Waals surface area contributed by atoms with E-state index in [9.17, 15) is 19.2 Å². The molecule has 5 aromatic rings. The van der Waals surface area contributed by atoms with Gasteiger partial charge >= 0.3 is 25.0 Å². The van der Waals surface area contributed by atoms with Gasteiger partial charge in [-0.15, -0.1) is 35.1 Å². The Morgan fingerprint density at radius 3 is 1.96 bits per heavy atom. The summed E-state index contributed by atoms with van der Waals surface area (Å²) in [5.41, 5.74) is 7.65. The predicted molar refractivity (Wildman–Crippen MR) is 179 cm³/mol. The fourth-order valence-electron chi connectivity index (χ4n) is 3.72. The molecular weight excluding hydrogens is 715 g/mol. The molecule has 0 spiro atoms. The molecule has 0 atom stereocenters. The van der Waals surface area contributed by atoms with Crippen molar-refractivity contribution in [3.8, 4) is 0 Å². The number of nitrogens with two attached hydrogens (primary N) is 1. The van der Waals surface area contributed by atoms with Gasteiger partial charge in [-0.05, 0) is 54.0 Å². The first-order valence-corrected chi connectivity index (χ1v) is 14.8. The van der Waals surface area contributed by atoms with E-state index >= 15 is 0 Å². The number of esters is 3. The van der Waals surface area contributed by atoms with Crippen LogP contribution in [0.4, 0.5) is 5.69 Å². The monoisotopic (exact) mass is 740 g/mol. The van der Waals surface area contributed by atoms with E-state index < -0.39 is 25.0 Å². The van der Waals surface area contributed by atoms with Crippen LogP contribution in [0, 0.1) is 13.8 Å². The van der Waals surface area contributed by atoms with Gasteiger partial charge in [0.15, 0.2) is 5.69 Å². The number of nitrogens with one attached hydrogen (secondary N) is 1. The lowest BCUT2D eigenvalue weighted by atomic mass is 9.78. The lowest BCUT2D eigenvalue weighted by Gasteiger charge is -2.05. The Kier molecular flexibility index (Phi) is 13.6. The molecule has 0 fully saturated rings. The molecule has 5 N–H and O–H groups in total. The summed E-state index contributed by atoms with van der Waals surface area (Å²) in [4.78, 5) is 56.3. The number of hydrogen-bond donors (Lipinski definition) is 4. The van der Waals surface area contributed by atoms with Crippen LogP contribution in [0.15, 0.2) is 45.0 Å². The molecule has 18 heteroatoms. The van der Waals surface area contributed by atoms with E-state index in [1.54, 1.807) is 18.2 Å². The lowest BCUT2D eigenvalue weighted by Crippen LogP contribution is -2.32. The largest absolute Gasteiger partial charge is 0.490 e. The maximum Gasteiger partial charge on any atom is 0.490 e.